The molecule has 0 amide bonds. The number of hydrogen-bond donors (Lipinski definition) is 0. The van der Waals surface area contributed by atoms with Crippen molar-refractivity contribution in [2.24, 2.45) is 0 Å². The van der Waals surface area contributed by atoms with E-state index < -0.39 is 5.97 Å². The molecule has 0 radical (unpaired) electrons. The number of thiophene rings is 1. The van der Waals surface area contributed by atoms with Crippen LogP contribution in [0.2, 0.25) is 0 Å². The van der Waals surface area contributed by atoms with Crippen molar-refractivity contribution < 1.29 is 19.1 Å². The number of carbonyl (C=O) groups is 2. The highest BCUT2D eigenvalue weighted by Crippen LogP contribution is 2.22. The summed E-state index contributed by atoms with van der Waals surface area (Å²) < 4.78 is 10.2. The molecule has 0 unspecified atom stereocenters. The first-order valence-corrected chi connectivity index (χ1v) is 10.6. The summed E-state index contributed by atoms with van der Waals surface area (Å²) in [7, 11) is 0. The topological polar surface area (TPSA) is 76.4 Å². The molecule has 0 N–H and O–H groups in total. The third-order valence-corrected chi connectivity index (χ3v) is 4.94. The molecule has 0 fully saturated rings. The Labute approximate surface area is 171 Å². The summed E-state index contributed by atoms with van der Waals surface area (Å²) in [5.74, 6) is -0.951. The van der Waals surface area contributed by atoms with Gasteiger partial charge in [-0.15, -0.1) is 11.3 Å². The largest absolute Gasteiger partial charge is 0.462 e. The van der Waals surface area contributed by atoms with Crippen LogP contribution in [0.1, 0.15) is 69.1 Å². The fourth-order valence-corrected chi connectivity index (χ4v) is 3.40. The van der Waals surface area contributed by atoms with Crippen LogP contribution in [0.25, 0.3) is 12.2 Å². The first kappa shape index (κ1) is 23.6. The van der Waals surface area contributed by atoms with Crippen LogP contribution in [-0.2, 0) is 19.1 Å². The molecule has 1 aromatic heterocycles. The Morgan fingerprint density at radius 2 is 1.64 bits per heavy atom. The van der Waals surface area contributed by atoms with E-state index in [9.17, 15) is 9.59 Å². The number of nitriles is 1. The van der Waals surface area contributed by atoms with Gasteiger partial charge in [0.15, 0.2) is 0 Å². The molecule has 0 saturated carbocycles. The molecule has 0 aliphatic heterocycles. The lowest BCUT2D eigenvalue weighted by Gasteiger charge is -2.05. The van der Waals surface area contributed by atoms with Crippen molar-refractivity contribution in [2.75, 3.05) is 13.2 Å². The predicted octanol–water partition coefficient (Wildman–Crippen LogP) is 5.53. The van der Waals surface area contributed by atoms with Crippen LogP contribution < -0.4 is 0 Å². The Bertz CT molecular complexity index is 740. The highest BCUT2D eigenvalue weighted by Gasteiger charge is 2.11. The number of carbonyl (C=O) groups excluding carboxylic acids is 2. The third-order valence-electron chi connectivity index (χ3n) is 3.96. The van der Waals surface area contributed by atoms with Crippen molar-refractivity contribution in [1.29, 1.82) is 5.26 Å². The molecule has 1 heterocycles. The Morgan fingerprint density at radius 1 is 1.00 bits per heavy atom. The fourth-order valence-electron chi connectivity index (χ4n) is 2.44. The van der Waals surface area contributed by atoms with Crippen molar-refractivity contribution in [3.05, 3.63) is 33.0 Å². The lowest BCUT2D eigenvalue weighted by Crippen LogP contribution is -2.06. The minimum atomic E-state index is -0.634. The van der Waals surface area contributed by atoms with Gasteiger partial charge in [-0.25, -0.2) is 9.59 Å². The van der Waals surface area contributed by atoms with E-state index in [0.717, 1.165) is 22.6 Å². The molecule has 28 heavy (non-hydrogen) atoms. The Balaban J connectivity index is 2.56. The molecule has 1 rings (SSSR count). The number of ether oxygens (including phenoxy) is 2. The summed E-state index contributed by atoms with van der Waals surface area (Å²) in [6.07, 6.45) is 10.1. The van der Waals surface area contributed by atoms with Gasteiger partial charge in [-0.1, -0.05) is 39.0 Å². The average Bonchev–Trinajstić information content (AvgIpc) is 3.12. The number of unbranched alkanes of at least 4 members (excludes halogenated alkanes) is 5. The second kappa shape index (κ2) is 13.7. The summed E-state index contributed by atoms with van der Waals surface area (Å²) in [6, 6.07) is 5.48. The van der Waals surface area contributed by atoms with Crippen LogP contribution in [-0.4, -0.2) is 25.2 Å². The highest BCUT2D eigenvalue weighted by atomic mass is 32.1. The van der Waals surface area contributed by atoms with Crippen LogP contribution >= 0.6 is 11.3 Å². The van der Waals surface area contributed by atoms with Crippen LogP contribution in [0, 0.1) is 11.3 Å². The van der Waals surface area contributed by atoms with Crippen molar-refractivity contribution in [3.63, 3.8) is 0 Å². The van der Waals surface area contributed by atoms with Gasteiger partial charge in [0.1, 0.15) is 11.6 Å². The van der Waals surface area contributed by atoms with Gasteiger partial charge in [0.2, 0.25) is 0 Å². The van der Waals surface area contributed by atoms with Crippen LogP contribution in [0.3, 0.4) is 0 Å². The smallest absolute Gasteiger partial charge is 0.348 e. The minimum absolute atomic E-state index is 0.0469. The molecule has 6 heteroatoms. The van der Waals surface area contributed by atoms with E-state index in [2.05, 4.69) is 6.92 Å². The van der Waals surface area contributed by atoms with Crippen LogP contribution in [0.5, 0.6) is 0 Å². The van der Waals surface area contributed by atoms with Crippen LogP contribution in [0.15, 0.2) is 23.3 Å². The second-order valence-electron chi connectivity index (χ2n) is 6.36. The first-order valence-electron chi connectivity index (χ1n) is 9.76. The third kappa shape index (κ3) is 9.01. The molecule has 0 spiro atoms. The molecule has 0 aliphatic carbocycles. The molecule has 0 aliphatic rings. The zero-order chi connectivity index (χ0) is 20.8. The predicted molar refractivity (Wildman–Crippen MR) is 113 cm³/mol. The van der Waals surface area contributed by atoms with E-state index in [1.165, 1.54) is 43.1 Å². The first-order chi connectivity index (χ1) is 13.5. The molecule has 0 aromatic carbocycles. The standard InChI is InChI=1S/C22H29NO4S/c1-4-6-7-8-9-10-13-27-21(24)17(3)14-19-11-12-20(28-19)15-18(16-23)22(25)26-5-2/h11-12,14-15H,4-10,13H2,1-3H3/b17-14+,18-15+. The van der Waals surface area contributed by atoms with Crippen molar-refractivity contribution in [1.82, 2.24) is 0 Å². The second-order valence-corrected chi connectivity index (χ2v) is 7.51. The van der Waals surface area contributed by atoms with E-state index in [4.69, 9.17) is 14.7 Å². The van der Waals surface area contributed by atoms with Crippen molar-refractivity contribution in [3.8, 4) is 6.07 Å². The van der Waals surface area contributed by atoms with Crippen molar-refractivity contribution in [2.45, 2.75) is 59.3 Å². The zero-order valence-electron chi connectivity index (χ0n) is 17.0. The summed E-state index contributed by atoms with van der Waals surface area (Å²) in [4.78, 5) is 25.3. The van der Waals surface area contributed by atoms with Crippen molar-refractivity contribution >= 4 is 35.4 Å². The molecule has 152 valence electrons. The fraction of sp³-hybridized carbons (Fsp3) is 0.500. The van der Waals surface area contributed by atoms with Gasteiger partial charge in [-0.3, -0.25) is 0 Å². The molecular formula is C22H29NO4S. The summed E-state index contributed by atoms with van der Waals surface area (Å²) in [5, 5.41) is 9.08. The van der Waals surface area contributed by atoms with E-state index in [-0.39, 0.29) is 18.1 Å². The molecule has 5 nitrogen and oxygen atoms in total. The Kier molecular flexibility index (Phi) is 11.6. The zero-order valence-corrected chi connectivity index (χ0v) is 17.8. The summed E-state index contributed by atoms with van der Waals surface area (Å²) in [6.45, 7) is 6.26. The van der Waals surface area contributed by atoms with Gasteiger partial charge < -0.3 is 9.47 Å². The Hall–Kier alpha value is -2.39. The maximum atomic E-state index is 12.1. The summed E-state index contributed by atoms with van der Waals surface area (Å²) in [5.41, 5.74) is 0.476. The molecule has 0 bridgehead atoms. The minimum Gasteiger partial charge on any atom is -0.462 e. The van der Waals surface area contributed by atoms with E-state index in [1.807, 2.05) is 12.1 Å². The average molecular weight is 404 g/mol. The number of rotatable bonds is 12. The van der Waals surface area contributed by atoms with Gasteiger partial charge in [-0.05, 0) is 44.6 Å². The number of esters is 2. The maximum Gasteiger partial charge on any atom is 0.348 e. The van der Waals surface area contributed by atoms with Gasteiger partial charge in [0, 0.05) is 15.3 Å². The van der Waals surface area contributed by atoms with Gasteiger partial charge in [0.05, 0.1) is 13.2 Å². The van der Waals surface area contributed by atoms with E-state index in [1.54, 1.807) is 26.0 Å². The van der Waals surface area contributed by atoms with E-state index in [0.29, 0.717) is 12.2 Å². The molecule has 0 saturated heterocycles. The van der Waals surface area contributed by atoms with Gasteiger partial charge >= 0.3 is 11.9 Å². The quantitative estimate of drug-likeness (QED) is 0.199. The van der Waals surface area contributed by atoms with Crippen LogP contribution in [0.4, 0.5) is 0 Å². The SMILES string of the molecule is CCCCCCCCOC(=O)/C(C)=C/c1ccc(/C=C(\C#N)C(=O)OCC)s1. The number of hydrogen-bond acceptors (Lipinski definition) is 6. The molecule has 0 atom stereocenters. The Morgan fingerprint density at radius 3 is 2.29 bits per heavy atom. The monoisotopic (exact) mass is 403 g/mol. The lowest BCUT2D eigenvalue weighted by molar-refractivity contribution is -0.139. The summed E-state index contributed by atoms with van der Waals surface area (Å²) >= 11 is 1.38. The normalized spacial score (nSPS) is 11.8. The highest BCUT2D eigenvalue weighted by molar-refractivity contribution is 7.13. The van der Waals surface area contributed by atoms with Gasteiger partial charge in [-0.2, -0.15) is 5.26 Å². The lowest BCUT2D eigenvalue weighted by atomic mass is 10.1. The molecular weight excluding hydrogens is 374 g/mol. The maximum absolute atomic E-state index is 12.1. The number of nitrogens with zero attached hydrogens (tertiary/aromatic N) is 1. The van der Waals surface area contributed by atoms with E-state index >= 15 is 0 Å². The van der Waals surface area contributed by atoms with Gasteiger partial charge in [0.25, 0.3) is 0 Å². The molecule has 1 aromatic rings.